The smallest absolute Gasteiger partial charge is 0.0240 e. The second-order valence-corrected chi connectivity index (χ2v) is 14.7. The quantitative estimate of drug-likeness (QED) is 0.317. The van der Waals surface area contributed by atoms with Gasteiger partial charge in [0.25, 0.3) is 0 Å². The van der Waals surface area contributed by atoms with E-state index in [1.54, 1.807) is 11.1 Å². The summed E-state index contributed by atoms with van der Waals surface area (Å²) in [6.07, 6.45) is 10.9. The molecule has 2 aromatic carbocycles. The molecular formula is C38H50. The lowest BCUT2D eigenvalue weighted by Crippen LogP contribution is -2.13. The van der Waals surface area contributed by atoms with Crippen LogP contribution in [0.3, 0.4) is 0 Å². The predicted octanol–water partition coefficient (Wildman–Crippen LogP) is 11.0. The minimum Gasteiger partial charge on any atom is -0.0955 e. The van der Waals surface area contributed by atoms with Gasteiger partial charge in [-0.3, -0.25) is 0 Å². The molecule has 0 bridgehead atoms. The lowest BCUT2D eigenvalue weighted by Gasteiger charge is -2.24. The van der Waals surface area contributed by atoms with Crippen molar-refractivity contribution in [3.8, 4) is 0 Å². The third-order valence-corrected chi connectivity index (χ3v) is 7.91. The first-order valence-corrected chi connectivity index (χ1v) is 14.7. The molecule has 0 nitrogen and oxygen atoms in total. The summed E-state index contributed by atoms with van der Waals surface area (Å²) in [5, 5.41) is 0. The van der Waals surface area contributed by atoms with Crippen molar-refractivity contribution in [2.75, 3.05) is 0 Å². The topological polar surface area (TPSA) is 0 Å². The lowest BCUT2D eigenvalue weighted by atomic mass is 9.80. The van der Waals surface area contributed by atoms with E-state index in [-0.39, 0.29) is 10.8 Å². The average Bonchev–Trinajstić information content (AvgIpc) is 3.54. The Balaban J connectivity index is 1.58. The maximum Gasteiger partial charge on any atom is 0.0240 e. The Hall–Kier alpha value is -2.60. The van der Waals surface area contributed by atoms with Crippen LogP contribution in [-0.4, -0.2) is 0 Å². The Bertz CT molecular complexity index is 1210. The number of allylic oxidation sites excluding steroid dienone is 6. The van der Waals surface area contributed by atoms with Crippen molar-refractivity contribution in [1.82, 2.24) is 0 Å². The van der Waals surface area contributed by atoms with Gasteiger partial charge in [-0.05, 0) is 101 Å². The summed E-state index contributed by atoms with van der Waals surface area (Å²) in [6.45, 7) is 27.3. The highest BCUT2D eigenvalue weighted by atomic mass is 14.4. The van der Waals surface area contributed by atoms with Crippen LogP contribution >= 0.6 is 0 Å². The van der Waals surface area contributed by atoms with E-state index in [1.165, 1.54) is 46.2 Å². The first-order valence-electron chi connectivity index (χ1n) is 14.7. The largest absolute Gasteiger partial charge is 0.0955 e. The highest BCUT2D eigenvalue weighted by Crippen LogP contribution is 2.47. The third-order valence-electron chi connectivity index (χ3n) is 7.91. The summed E-state index contributed by atoms with van der Waals surface area (Å²) in [6, 6.07) is 16.4. The van der Waals surface area contributed by atoms with Crippen LogP contribution in [0.2, 0.25) is 0 Å². The van der Waals surface area contributed by atoms with Gasteiger partial charge in [-0.15, -0.1) is 0 Å². The van der Waals surface area contributed by atoms with E-state index >= 15 is 0 Å². The Morgan fingerprint density at radius 1 is 0.842 bits per heavy atom. The standard InChI is InChI=1S/C38H50/c1-25(2)30-11-15-32(16-12-30)36-22-34(31-13-14-31)21-35(36)27(4)17-26(3)33-19-28(23-37(5,6)7)18-29(20-33)24-38(8,9)10/h11-12,15-16,18-22,27,31,36H,1,3,13-14,17,23-24H2,2,4-10H3/t27-,36?/m1/s1. The molecule has 1 fully saturated rings. The van der Waals surface area contributed by atoms with Gasteiger partial charge in [0, 0.05) is 5.92 Å². The molecule has 0 saturated heterocycles. The number of hydrogen-bond acceptors (Lipinski definition) is 0. The average molecular weight is 507 g/mol. The van der Waals surface area contributed by atoms with Gasteiger partial charge in [0.15, 0.2) is 0 Å². The van der Waals surface area contributed by atoms with Crippen LogP contribution in [0.15, 0.2) is 78.9 Å². The summed E-state index contributed by atoms with van der Waals surface area (Å²) in [5.74, 6) is 1.59. The first-order chi connectivity index (χ1) is 17.7. The monoisotopic (exact) mass is 506 g/mol. The van der Waals surface area contributed by atoms with Gasteiger partial charge in [-0.2, -0.15) is 0 Å². The van der Waals surface area contributed by atoms with E-state index in [2.05, 4.69) is 123 Å². The summed E-state index contributed by atoms with van der Waals surface area (Å²) in [4.78, 5) is 0. The van der Waals surface area contributed by atoms with Crippen LogP contribution < -0.4 is 0 Å². The fourth-order valence-electron chi connectivity index (χ4n) is 6.00. The van der Waals surface area contributed by atoms with E-state index in [4.69, 9.17) is 0 Å². The molecule has 0 spiro atoms. The molecule has 2 aromatic rings. The van der Waals surface area contributed by atoms with Gasteiger partial charge < -0.3 is 0 Å². The molecule has 0 aliphatic heterocycles. The van der Waals surface area contributed by atoms with Crippen molar-refractivity contribution in [3.05, 3.63) is 107 Å². The first kappa shape index (κ1) is 28.4. The van der Waals surface area contributed by atoms with Gasteiger partial charge in [0.05, 0.1) is 0 Å². The SMILES string of the molecule is C=C(C)c1ccc(C2C=C(C3CC3)C=C2[C@H](C)CC(=C)c2cc(CC(C)(C)C)cc(CC(C)(C)C)c2)cc1. The predicted molar refractivity (Wildman–Crippen MR) is 168 cm³/mol. The summed E-state index contributed by atoms with van der Waals surface area (Å²) >= 11 is 0. The molecule has 38 heavy (non-hydrogen) atoms. The van der Waals surface area contributed by atoms with Crippen molar-refractivity contribution in [2.24, 2.45) is 22.7 Å². The number of hydrogen-bond donors (Lipinski definition) is 0. The van der Waals surface area contributed by atoms with Gasteiger partial charge in [0.2, 0.25) is 0 Å². The molecule has 0 amide bonds. The van der Waals surface area contributed by atoms with Crippen molar-refractivity contribution in [1.29, 1.82) is 0 Å². The molecule has 1 saturated carbocycles. The van der Waals surface area contributed by atoms with E-state index in [9.17, 15) is 0 Å². The lowest BCUT2D eigenvalue weighted by molar-refractivity contribution is 0.405. The van der Waals surface area contributed by atoms with E-state index in [0.29, 0.717) is 11.8 Å². The van der Waals surface area contributed by atoms with Crippen LogP contribution in [0.1, 0.15) is 108 Å². The zero-order chi connectivity index (χ0) is 27.8. The molecule has 0 heteroatoms. The highest BCUT2D eigenvalue weighted by Gasteiger charge is 2.32. The molecule has 0 aromatic heterocycles. The molecular weight excluding hydrogens is 456 g/mol. The zero-order valence-electron chi connectivity index (χ0n) is 25.4. The van der Waals surface area contributed by atoms with Gasteiger partial charge in [-0.25, -0.2) is 0 Å². The Labute approximate surface area is 233 Å². The Kier molecular flexibility index (Phi) is 8.13. The van der Waals surface area contributed by atoms with Gasteiger partial charge in [-0.1, -0.05) is 127 Å². The van der Waals surface area contributed by atoms with Gasteiger partial charge >= 0.3 is 0 Å². The molecule has 2 aliphatic rings. The van der Waals surface area contributed by atoms with Crippen LogP contribution in [-0.2, 0) is 12.8 Å². The second kappa shape index (κ2) is 10.9. The third kappa shape index (κ3) is 7.49. The molecule has 202 valence electrons. The molecule has 0 heterocycles. The molecule has 2 atom stereocenters. The minimum absolute atomic E-state index is 0.263. The second-order valence-electron chi connectivity index (χ2n) is 14.7. The molecule has 2 aliphatic carbocycles. The zero-order valence-corrected chi connectivity index (χ0v) is 25.4. The number of rotatable bonds is 9. The highest BCUT2D eigenvalue weighted by molar-refractivity contribution is 5.66. The van der Waals surface area contributed by atoms with E-state index in [0.717, 1.165) is 30.8 Å². The van der Waals surface area contributed by atoms with Crippen molar-refractivity contribution in [2.45, 2.75) is 93.4 Å². The minimum atomic E-state index is 0.263. The fourth-order valence-corrected chi connectivity index (χ4v) is 6.00. The molecule has 0 radical (unpaired) electrons. The molecule has 0 N–H and O–H groups in total. The number of benzene rings is 2. The maximum atomic E-state index is 4.65. The van der Waals surface area contributed by atoms with Crippen LogP contribution in [0.5, 0.6) is 0 Å². The van der Waals surface area contributed by atoms with E-state index < -0.39 is 0 Å². The summed E-state index contributed by atoms with van der Waals surface area (Å²) in [5.41, 5.74) is 12.9. The maximum absolute atomic E-state index is 4.65. The van der Waals surface area contributed by atoms with E-state index in [1.807, 2.05) is 0 Å². The molecule has 4 rings (SSSR count). The summed E-state index contributed by atoms with van der Waals surface area (Å²) in [7, 11) is 0. The normalized spacial score (nSPS) is 18.7. The summed E-state index contributed by atoms with van der Waals surface area (Å²) < 4.78 is 0. The van der Waals surface area contributed by atoms with Crippen molar-refractivity contribution in [3.63, 3.8) is 0 Å². The Morgan fingerprint density at radius 2 is 1.39 bits per heavy atom. The Morgan fingerprint density at radius 3 is 1.87 bits per heavy atom. The fraction of sp³-hybridized carbons (Fsp3) is 0.474. The van der Waals surface area contributed by atoms with Crippen LogP contribution in [0, 0.1) is 22.7 Å². The van der Waals surface area contributed by atoms with Crippen LogP contribution in [0.4, 0.5) is 0 Å². The van der Waals surface area contributed by atoms with Crippen molar-refractivity contribution < 1.29 is 0 Å². The van der Waals surface area contributed by atoms with Crippen molar-refractivity contribution >= 4 is 11.1 Å². The molecule has 1 unspecified atom stereocenters. The van der Waals surface area contributed by atoms with Crippen LogP contribution in [0.25, 0.3) is 11.1 Å². The van der Waals surface area contributed by atoms with Gasteiger partial charge in [0.1, 0.15) is 0 Å².